The van der Waals surface area contributed by atoms with E-state index < -0.39 is 0 Å². The van der Waals surface area contributed by atoms with Crippen LogP contribution in [0.15, 0.2) is 23.7 Å². The number of hydrogen-bond acceptors (Lipinski definition) is 4. The van der Waals surface area contributed by atoms with Crippen LogP contribution >= 0.6 is 11.3 Å². The summed E-state index contributed by atoms with van der Waals surface area (Å²) in [5, 5.41) is 4.48. The average molecular weight is 233 g/mol. The zero-order chi connectivity index (χ0) is 11.5. The highest BCUT2D eigenvalue weighted by Crippen LogP contribution is 2.14. The molecule has 1 amide bonds. The van der Waals surface area contributed by atoms with Gasteiger partial charge in [-0.3, -0.25) is 10.1 Å². The average Bonchev–Trinajstić information content (AvgIpc) is 2.65. The number of carbonyl (C=O) groups excluding carboxylic acids is 1. The first-order valence-electron chi connectivity index (χ1n) is 4.81. The van der Waals surface area contributed by atoms with Gasteiger partial charge in [0.05, 0.1) is 5.56 Å². The Labute approximate surface area is 97.4 Å². The number of aryl methyl sites for hydroxylation is 2. The molecule has 0 unspecified atom stereocenters. The summed E-state index contributed by atoms with van der Waals surface area (Å²) in [6, 6.07) is 3.63. The third-order valence-corrected chi connectivity index (χ3v) is 2.87. The van der Waals surface area contributed by atoms with Crippen molar-refractivity contribution < 1.29 is 4.79 Å². The molecule has 5 heteroatoms. The van der Waals surface area contributed by atoms with Crippen molar-refractivity contribution in [2.24, 2.45) is 0 Å². The Balaban J connectivity index is 2.13. The predicted octanol–water partition coefficient (Wildman–Crippen LogP) is 2.41. The van der Waals surface area contributed by atoms with Crippen molar-refractivity contribution in [2.45, 2.75) is 13.8 Å². The number of carbonyl (C=O) groups is 1. The van der Waals surface area contributed by atoms with Gasteiger partial charge in [-0.1, -0.05) is 0 Å². The quantitative estimate of drug-likeness (QED) is 0.866. The topological polar surface area (TPSA) is 54.9 Å². The van der Waals surface area contributed by atoms with Crippen LogP contribution in [0.4, 0.5) is 5.95 Å². The van der Waals surface area contributed by atoms with Gasteiger partial charge in [0.2, 0.25) is 5.95 Å². The minimum absolute atomic E-state index is 0.171. The SMILES string of the molecule is Cc1ccnc(NC(=O)c2csc(C)c2)n1. The van der Waals surface area contributed by atoms with Gasteiger partial charge < -0.3 is 0 Å². The number of thiophene rings is 1. The van der Waals surface area contributed by atoms with Crippen molar-refractivity contribution in [2.75, 3.05) is 5.32 Å². The monoisotopic (exact) mass is 233 g/mol. The zero-order valence-electron chi connectivity index (χ0n) is 9.02. The highest BCUT2D eigenvalue weighted by atomic mass is 32.1. The van der Waals surface area contributed by atoms with E-state index >= 15 is 0 Å². The van der Waals surface area contributed by atoms with Crippen LogP contribution in [0.2, 0.25) is 0 Å². The van der Waals surface area contributed by atoms with Crippen LogP contribution in [-0.2, 0) is 0 Å². The molecule has 0 atom stereocenters. The molecule has 0 spiro atoms. The maximum atomic E-state index is 11.8. The van der Waals surface area contributed by atoms with E-state index in [0.29, 0.717) is 11.5 Å². The number of aromatic nitrogens is 2. The van der Waals surface area contributed by atoms with Gasteiger partial charge in [-0.2, -0.15) is 0 Å². The number of anilines is 1. The molecule has 0 fully saturated rings. The van der Waals surface area contributed by atoms with E-state index in [2.05, 4.69) is 15.3 Å². The maximum absolute atomic E-state index is 11.8. The van der Waals surface area contributed by atoms with Gasteiger partial charge in [0.1, 0.15) is 0 Å². The molecule has 0 bridgehead atoms. The molecule has 0 aliphatic carbocycles. The molecule has 0 aliphatic heterocycles. The summed E-state index contributed by atoms with van der Waals surface area (Å²) in [6.07, 6.45) is 1.62. The van der Waals surface area contributed by atoms with Gasteiger partial charge in [-0.05, 0) is 26.0 Å². The summed E-state index contributed by atoms with van der Waals surface area (Å²) in [7, 11) is 0. The summed E-state index contributed by atoms with van der Waals surface area (Å²) in [5.41, 5.74) is 1.47. The van der Waals surface area contributed by atoms with Gasteiger partial charge in [-0.25, -0.2) is 9.97 Å². The van der Waals surface area contributed by atoms with E-state index in [1.54, 1.807) is 23.6 Å². The van der Waals surface area contributed by atoms with Crippen molar-refractivity contribution in [3.05, 3.63) is 39.8 Å². The minimum atomic E-state index is -0.171. The number of nitrogens with zero attached hydrogens (tertiary/aromatic N) is 2. The number of amides is 1. The molecule has 0 aromatic carbocycles. The molecular formula is C11H11N3OS. The van der Waals surface area contributed by atoms with Crippen molar-refractivity contribution in [1.82, 2.24) is 9.97 Å². The van der Waals surface area contributed by atoms with E-state index in [1.165, 1.54) is 0 Å². The van der Waals surface area contributed by atoms with Crippen LogP contribution in [0.5, 0.6) is 0 Å². The summed E-state index contributed by atoms with van der Waals surface area (Å²) >= 11 is 1.54. The molecule has 0 saturated carbocycles. The van der Waals surface area contributed by atoms with Gasteiger partial charge in [0.25, 0.3) is 5.91 Å². The van der Waals surface area contributed by atoms with E-state index in [1.807, 2.05) is 25.3 Å². The summed E-state index contributed by atoms with van der Waals surface area (Å²) < 4.78 is 0. The largest absolute Gasteiger partial charge is 0.290 e. The molecule has 82 valence electrons. The van der Waals surface area contributed by atoms with Crippen LogP contribution in [0, 0.1) is 13.8 Å². The van der Waals surface area contributed by atoms with E-state index in [0.717, 1.165) is 10.6 Å². The van der Waals surface area contributed by atoms with Crippen molar-refractivity contribution >= 4 is 23.2 Å². The molecule has 16 heavy (non-hydrogen) atoms. The predicted molar refractivity (Wildman–Crippen MR) is 63.8 cm³/mol. The van der Waals surface area contributed by atoms with Crippen LogP contribution in [0.25, 0.3) is 0 Å². The number of nitrogens with one attached hydrogen (secondary N) is 1. The van der Waals surface area contributed by atoms with Crippen molar-refractivity contribution in [3.8, 4) is 0 Å². The third-order valence-electron chi connectivity index (χ3n) is 2.01. The molecule has 2 heterocycles. The fraction of sp³-hybridized carbons (Fsp3) is 0.182. The smallest absolute Gasteiger partial charge is 0.258 e. The Morgan fingerprint density at radius 1 is 1.44 bits per heavy atom. The highest BCUT2D eigenvalue weighted by molar-refractivity contribution is 7.10. The van der Waals surface area contributed by atoms with Crippen molar-refractivity contribution in [1.29, 1.82) is 0 Å². The lowest BCUT2D eigenvalue weighted by molar-refractivity contribution is 0.102. The second-order valence-electron chi connectivity index (χ2n) is 3.42. The zero-order valence-corrected chi connectivity index (χ0v) is 9.84. The Kier molecular flexibility index (Phi) is 2.96. The van der Waals surface area contributed by atoms with Gasteiger partial charge in [-0.15, -0.1) is 11.3 Å². The second-order valence-corrected chi connectivity index (χ2v) is 4.54. The van der Waals surface area contributed by atoms with Crippen LogP contribution in [0.1, 0.15) is 20.9 Å². The van der Waals surface area contributed by atoms with E-state index in [9.17, 15) is 4.79 Å². The molecule has 4 nitrogen and oxygen atoms in total. The fourth-order valence-electron chi connectivity index (χ4n) is 1.25. The maximum Gasteiger partial charge on any atom is 0.258 e. The van der Waals surface area contributed by atoms with Crippen LogP contribution < -0.4 is 5.32 Å². The molecule has 2 aromatic rings. The van der Waals surface area contributed by atoms with E-state index in [-0.39, 0.29) is 5.91 Å². The first-order valence-corrected chi connectivity index (χ1v) is 5.69. The van der Waals surface area contributed by atoms with Crippen molar-refractivity contribution in [3.63, 3.8) is 0 Å². The van der Waals surface area contributed by atoms with Gasteiger partial charge in [0.15, 0.2) is 0 Å². The van der Waals surface area contributed by atoms with Gasteiger partial charge >= 0.3 is 0 Å². The normalized spacial score (nSPS) is 10.1. The highest BCUT2D eigenvalue weighted by Gasteiger charge is 2.08. The summed E-state index contributed by atoms with van der Waals surface area (Å²) in [5.74, 6) is 0.170. The second kappa shape index (κ2) is 4.40. The van der Waals surface area contributed by atoms with Gasteiger partial charge in [0, 0.05) is 22.1 Å². The molecule has 0 saturated heterocycles. The lowest BCUT2D eigenvalue weighted by atomic mass is 10.3. The Hall–Kier alpha value is -1.75. The van der Waals surface area contributed by atoms with Crippen LogP contribution in [0.3, 0.4) is 0 Å². The molecular weight excluding hydrogens is 222 g/mol. The number of hydrogen-bond donors (Lipinski definition) is 1. The Bertz CT molecular complexity index is 521. The Morgan fingerprint density at radius 2 is 2.25 bits per heavy atom. The lowest BCUT2D eigenvalue weighted by Crippen LogP contribution is -2.13. The van der Waals surface area contributed by atoms with Crippen LogP contribution in [-0.4, -0.2) is 15.9 Å². The fourth-order valence-corrected chi connectivity index (χ4v) is 1.93. The molecule has 0 radical (unpaired) electrons. The summed E-state index contributed by atoms with van der Waals surface area (Å²) in [4.78, 5) is 20.9. The third kappa shape index (κ3) is 2.43. The first kappa shape index (κ1) is 10.8. The number of rotatable bonds is 2. The summed E-state index contributed by atoms with van der Waals surface area (Å²) in [6.45, 7) is 3.82. The molecule has 2 rings (SSSR count). The minimum Gasteiger partial charge on any atom is -0.290 e. The standard InChI is InChI=1S/C11H11N3OS/c1-7-3-4-12-11(13-7)14-10(15)9-5-8(2)16-6-9/h3-6H,1-2H3,(H,12,13,14,15). The van der Waals surface area contributed by atoms with E-state index in [4.69, 9.17) is 0 Å². The lowest BCUT2D eigenvalue weighted by Gasteiger charge is -2.01. The molecule has 0 aliphatic rings. The first-order chi connectivity index (χ1) is 7.65. The molecule has 1 N–H and O–H groups in total. The Morgan fingerprint density at radius 3 is 2.88 bits per heavy atom. The molecule has 2 aromatic heterocycles.